The predicted molar refractivity (Wildman–Crippen MR) is 105 cm³/mol. The van der Waals surface area contributed by atoms with Crippen molar-refractivity contribution in [2.45, 2.75) is 33.6 Å². The van der Waals surface area contributed by atoms with Crippen molar-refractivity contribution >= 4 is 34.7 Å². The largest absolute Gasteiger partial charge is 0.320 e. The second kappa shape index (κ2) is 7.53. The van der Waals surface area contributed by atoms with E-state index in [4.69, 9.17) is 0 Å². The van der Waals surface area contributed by atoms with Gasteiger partial charge >= 0.3 is 0 Å². The molecule has 0 aliphatic carbocycles. The quantitative estimate of drug-likeness (QED) is 0.843. The minimum absolute atomic E-state index is 0.135. The fourth-order valence-electron chi connectivity index (χ4n) is 2.95. The summed E-state index contributed by atoms with van der Waals surface area (Å²) >= 11 is 0. The molecule has 0 fully saturated rings. The number of aryl methyl sites for hydroxylation is 2. The van der Waals surface area contributed by atoms with Gasteiger partial charge < -0.3 is 5.32 Å². The van der Waals surface area contributed by atoms with Gasteiger partial charge in [0.2, 0.25) is 5.91 Å². The van der Waals surface area contributed by atoms with Gasteiger partial charge in [-0.1, -0.05) is 24.3 Å². The Morgan fingerprint density at radius 1 is 1.07 bits per heavy atom. The Bertz CT molecular complexity index is 963. The van der Waals surface area contributed by atoms with Crippen molar-refractivity contribution < 1.29 is 14.4 Å². The molecule has 1 aliphatic heterocycles. The van der Waals surface area contributed by atoms with Crippen LogP contribution in [0, 0.1) is 13.8 Å². The van der Waals surface area contributed by atoms with Gasteiger partial charge in [0.25, 0.3) is 5.91 Å². The Kier molecular flexibility index (Phi) is 5.16. The van der Waals surface area contributed by atoms with Gasteiger partial charge in [0.1, 0.15) is 5.71 Å². The van der Waals surface area contributed by atoms with E-state index in [2.05, 4.69) is 10.4 Å². The zero-order chi connectivity index (χ0) is 19.6. The van der Waals surface area contributed by atoms with E-state index in [-0.39, 0.29) is 30.2 Å². The summed E-state index contributed by atoms with van der Waals surface area (Å²) in [5.74, 6) is -0.695. The van der Waals surface area contributed by atoms with Crippen molar-refractivity contribution in [3.63, 3.8) is 0 Å². The van der Waals surface area contributed by atoms with Gasteiger partial charge in [-0.05, 0) is 50.1 Å². The van der Waals surface area contributed by atoms with E-state index in [1.54, 1.807) is 24.3 Å². The topological polar surface area (TPSA) is 78.8 Å². The minimum Gasteiger partial charge on any atom is -0.320 e. The van der Waals surface area contributed by atoms with E-state index >= 15 is 0 Å². The van der Waals surface area contributed by atoms with Crippen molar-refractivity contribution in [3.8, 4) is 0 Å². The summed E-state index contributed by atoms with van der Waals surface area (Å²) in [7, 11) is 0. The number of benzene rings is 2. The van der Waals surface area contributed by atoms with Gasteiger partial charge in [0.05, 0.1) is 11.4 Å². The lowest BCUT2D eigenvalue weighted by Gasteiger charge is -2.25. The van der Waals surface area contributed by atoms with E-state index in [0.29, 0.717) is 16.9 Å². The monoisotopic (exact) mass is 363 g/mol. The molecule has 27 heavy (non-hydrogen) atoms. The van der Waals surface area contributed by atoms with Gasteiger partial charge in [0, 0.05) is 18.4 Å². The first kappa shape index (κ1) is 18.5. The summed E-state index contributed by atoms with van der Waals surface area (Å²) in [6, 6.07) is 12.6. The summed E-state index contributed by atoms with van der Waals surface area (Å²) in [5, 5.41) is 8.36. The van der Waals surface area contributed by atoms with Crippen molar-refractivity contribution in [1.29, 1.82) is 0 Å². The van der Waals surface area contributed by atoms with Crippen LogP contribution >= 0.6 is 0 Å². The van der Waals surface area contributed by atoms with Crippen molar-refractivity contribution in [2.24, 2.45) is 5.10 Å². The number of amides is 2. The first-order valence-electron chi connectivity index (χ1n) is 8.76. The van der Waals surface area contributed by atoms with Crippen molar-refractivity contribution in [2.75, 3.05) is 10.3 Å². The third kappa shape index (κ3) is 3.95. The number of nitrogens with one attached hydrogen (secondary N) is 1. The van der Waals surface area contributed by atoms with Crippen molar-refractivity contribution in [1.82, 2.24) is 0 Å². The van der Waals surface area contributed by atoms with E-state index in [9.17, 15) is 14.4 Å². The molecule has 0 radical (unpaired) electrons. The minimum atomic E-state index is -0.411. The number of hydrazone groups is 1. The lowest BCUT2D eigenvalue weighted by molar-refractivity contribution is -0.118. The highest BCUT2D eigenvalue weighted by Gasteiger charge is 2.27. The van der Waals surface area contributed by atoms with Crippen LogP contribution in [-0.4, -0.2) is 23.3 Å². The van der Waals surface area contributed by atoms with Crippen molar-refractivity contribution in [3.05, 3.63) is 59.2 Å². The van der Waals surface area contributed by atoms with Crippen LogP contribution in [0.4, 0.5) is 11.4 Å². The van der Waals surface area contributed by atoms with Gasteiger partial charge in [-0.3, -0.25) is 14.4 Å². The average molecular weight is 363 g/mol. The van der Waals surface area contributed by atoms with Crippen LogP contribution in [0.1, 0.15) is 41.3 Å². The molecule has 3 rings (SSSR count). The molecule has 6 nitrogen and oxygen atoms in total. The molecule has 0 unspecified atom stereocenters. The molecule has 0 saturated heterocycles. The summed E-state index contributed by atoms with van der Waals surface area (Å²) < 4.78 is 0. The maximum atomic E-state index is 12.7. The molecule has 6 heteroatoms. The second-order valence-electron chi connectivity index (χ2n) is 6.60. The SMILES string of the molecule is CC(=O)c1ccccc1NC(=O)C1=NN(c2cc(C)ccc2C)C(=O)CC1. The van der Waals surface area contributed by atoms with Crippen LogP contribution in [0.2, 0.25) is 0 Å². The molecular formula is C21H21N3O3. The summed E-state index contributed by atoms with van der Waals surface area (Å²) in [5.41, 5.74) is 3.72. The molecule has 2 aromatic carbocycles. The number of carbonyl (C=O) groups is 3. The fraction of sp³-hybridized carbons (Fsp3) is 0.238. The van der Waals surface area contributed by atoms with Crippen LogP contribution in [0.5, 0.6) is 0 Å². The zero-order valence-corrected chi connectivity index (χ0v) is 15.6. The molecule has 0 bridgehead atoms. The molecule has 0 aromatic heterocycles. The lowest BCUT2D eigenvalue weighted by Crippen LogP contribution is -2.36. The van der Waals surface area contributed by atoms with E-state index < -0.39 is 5.91 Å². The fourth-order valence-corrected chi connectivity index (χ4v) is 2.95. The average Bonchev–Trinajstić information content (AvgIpc) is 2.64. The van der Waals surface area contributed by atoms with Crippen LogP contribution in [0.15, 0.2) is 47.6 Å². The van der Waals surface area contributed by atoms with Crippen LogP contribution in [0.3, 0.4) is 0 Å². The van der Waals surface area contributed by atoms with Crippen LogP contribution in [0.25, 0.3) is 0 Å². The maximum absolute atomic E-state index is 12.7. The molecular weight excluding hydrogens is 342 g/mol. The third-order valence-electron chi connectivity index (χ3n) is 4.44. The number of anilines is 2. The van der Waals surface area contributed by atoms with Gasteiger partial charge in [-0.15, -0.1) is 0 Å². The Balaban J connectivity index is 1.90. The summed E-state index contributed by atoms with van der Waals surface area (Å²) in [6.45, 7) is 5.28. The summed E-state index contributed by atoms with van der Waals surface area (Å²) in [4.78, 5) is 36.8. The number of carbonyl (C=O) groups excluding carboxylic acids is 3. The maximum Gasteiger partial charge on any atom is 0.271 e. The standard InChI is InChI=1S/C21H21N3O3/c1-13-8-9-14(2)19(12-13)24-20(26)11-10-18(23-24)21(27)22-17-7-5-4-6-16(17)15(3)25/h4-9,12H,10-11H2,1-3H3,(H,22,27). The smallest absolute Gasteiger partial charge is 0.271 e. The Labute approximate surface area is 157 Å². The lowest BCUT2D eigenvalue weighted by atomic mass is 10.1. The highest BCUT2D eigenvalue weighted by molar-refractivity contribution is 6.44. The number of para-hydroxylation sites is 1. The van der Waals surface area contributed by atoms with Gasteiger partial charge in [-0.2, -0.15) is 5.10 Å². The molecule has 2 aromatic rings. The molecule has 0 spiro atoms. The van der Waals surface area contributed by atoms with Gasteiger partial charge in [0.15, 0.2) is 5.78 Å². The number of ketones is 1. The first-order valence-corrected chi connectivity index (χ1v) is 8.76. The van der Waals surface area contributed by atoms with E-state index in [1.165, 1.54) is 11.9 Å². The van der Waals surface area contributed by atoms with Gasteiger partial charge in [-0.25, -0.2) is 5.01 Å². The highest BCUT2D eigenvalue weighted by Crippen LogP contribution is 2.26. The van der Waals surface area contributed by atoms with E-state index in [0.717, 1.165) is 11.1 Å². The number of hydrogen-bond acceptors (Lipinski definition) is 4. The Morgan fingerprint density at radius 3 is 2.56 bits per heavy atom. The number of Topliss-reactive ketones (excluding diaryl/α,β-unsaturated/α-hetero) is 1. The molecule has 1 aliphatic rings. The van der Waals surface area contributed by atoms with E-state index in [1.807, 2.05) is 32.0 Å². The Hall–Kier alpha value is -3.28. The predicted octanol–water partition coefficient (Wildman–Crippen LogP) is 3.63. The highest BCUT2D eigenvalue weighted by atomic mass is 16.2. The number of nitrogens with zero attached hydrogens (tertiary/aromatic N) is 2. The normalized spacial score (nSPS) is 14.0. The zero-order valence-electron chi connectivity index (χ0n) is 15.6. The van der Waals surface area contributed by atoms with Crippen LogP contribution in [-0.2, 0) is 9.59 Å². The molecule has 0 saturated carbocycles. The summed E-state index contributed by atoms with van der Waals surface area (Å²) in [6.07, 6.45) is 0.461. The van der Waals surface area contributed by atoms with Crippen LogP contribution < -0.4 is 10.3 Å². The third-order valence-corrected chi connectivity index (χ3v) is 4.44. The molecule has 1 heterocycles. The molecule has 2 amide bonds. The second-order valence-corrected chi connectivity index (χ2v) is 6.60. The first-order chi connectivity index (χ1) is 12.9. The Morgan fingerprint density at radius 2 is 1.81 bits per heavy atom. The number of rotatable bonds is 4. The molecule has 1 N–H and O–H groups in total. The number of hydrogen-bond donors (Lipinski definition) is 1. The molecule has 0 atom stereocenters. The molecule has 138 valence electrons.